The van der Waals surface area contributed by atoms with E-state index in [0.717, 1.165) is 17.7 Å². The van der Waals surface area contributed by atoms with Crippen molar-refractivity contribution in [2.75, 3.05) is 11.9 Å². The molecule has 0 bridgehead atoms. The molecule has 7 heteroatoms. The molecule has 4 nitrogen and oxygen atoms in total. The van der Waals surface area contributed by atoms with Crippen molar-refractivity contribution in [3.05, 3.63) is 53.6 Å². The van der Waals surface area contributed by atoms with Gasteiger partial charge in [0.25, 0.3) is 5.91 Å². The summed E-state index contributed by atoms with van der Waals surface area (Å²) in [5, 5.41) is 2.52. The highest BCUT2D eigenvalue weighted by Crippen LogP contribution is 2.36. The number of rotatable bonds is 5. The fourth-order valence-corrected chi connectivity index (χ4v) is 2.68. The molecule has 1 amide bonds. The van der Waals surface area contributed by atoms with Crippen LogP contribution in [0.15, 0.2) is 42.5 Å². The smallest absolute Gasteiger partial charge is 0.416 e. The highest BCUT2D eigenvalue weighted by atomic mass is 19.4. The molecule has 0 radical (unpaired) electrons. The van der Waals surface area contributed by atoms with Gasteiger partial charge in [-0.15, -0.1) is 0 Å². The van der Waals surface area contributed by atoms with Crippen molar-refractivity contribution in [2.24, 2.45) is 0 Å². The molecule has 2 aromatic carbocycles. The quantitative estimate of drug-likeness (QED) is 0.852. The van der Waals surface area contributed by atoms with E-state index in [-0.39, 0.29) is 11.4 Å². The molecular formula is C19H18F3NO3. The lowest BCUT2D eigenvalue weighted by Gasteiger charge is -2.17. The average molecular weight is 365 g/mol. The van der Waals surface area contributed by atoms with E-state index in [1.165, 1.54) is 6.07 Å². The van der Waals surface area contributed by atoms with Gasteiger partial charge in [0.05, 0.1) is 17.9 Å². The van der Waals surface area contributed by atoms with Crippen LogP contribution in [-0.4, -0.2) is 18.6 Å². The molecule has 0 fully saturated rings. The van der Waals surface area contributed by atoms with Crippen molar-refractivity contribution in [2.45, 2.75) is 32.0 Å². The van der Waals surface area contributed by atoms with Crippen LogP contribution in [0.3, 0.4) is 0 Å². The molecule has 138 valence electrons. The van der Waals surface area contributed by atoms with Gasteiger partial charge in [0.2, 0.25) is 0 Å². The molecule has 1 aliphatic rings. The molecule has 26 heavy (non-hydrogen) atoms. The molecule has 3 rings (SSSR count). The standard InChI is InChI=1S/C19H18F3NO3/c1-2-9-25-16-8-7-13(19(20,21)22)11-14(16)23-18(24)17-10-12-5-3-4-6-15(12)26-17/h3-8,11,17H,2,9-10H2,1H3,(H,23,24)/t17-/m0/s1. The van der Waals surface area contributed by atoms with Gasteiger partial charge in [-0.1, -0.05) is 25.1 Å². The van der Waals surface area contributed by atoms with E-state index in [2.05, 4.69) is 5.32 Å². The normalized spacial score (nSPS) is 15.9. The molecule has 0 saturated heterocycles. The van der Waals surface area contributed by atoms with Crippen molar-refractivity contribution in [3.63, 3.8) is 0 Å². The number of anilines is 1. The first-order valence-corrected chi connectivity index (χ1v) is 8.28. The monoisotopic (exact) mass is 365 g/mol. The Morgan fingerprint density at radius 3 is 2.73 bits per heavy atom. The Morgan fingerprint density at radius 2 is 2.04 bits per heavy atom. The van der Waals surface area contributed by atoms with E-state index < -0.39 is 23.8 Å². The van der Waals surface area contributed by atoms with Gasteiger partial charge in [-0.25, -0.2) is 0 Å². The summed E-state index contributed by atoms with van der Waals surface area (Å²) in [6.07, 6.45) is -4.24. The van der Waals surface area contributed by atoms with Gasteiger partial charge in [-0.2, -0.15) is 13.2 Å². The average Bonchev–Trinajstić information content (AvgIpc) is 3.04. The van der Waals surface area contributed by atoms with Gasteiger partial charge in [0.1, 0.15) is 11.5 Å². The van der Waals surface area contributed by atoms with Crippen LogP contribution in [0.1, 0.15) is 24.5 Å². The summed E-state index contributed by atoms with van der Waals surface area (Å²) in [4.78, 5) is 12.5. The van der Waals surface area contributed by atoms with Crippen LogP contribution in [0.2, 0.25) is 0 Å². The summed E-state index contributed by atoms with van der Waals surface area (Å²) in [6.45, 7) is 2.21. The highest BCUT2D eigenvalue weighted by Gasteiger charge is 2.33. The molecule has 0 spiro atoms. The maximum atomic E-state index is 13.0. The van der Waals surface area contributed by atoms with Gasteiger partial charge in [-0.3, -0.25) is 4.79 Å². The summed E-state index contributed by atoms with van der Waals surface area (Å²) in [5.74, 6) is 0.296. The zero-order chi connectivity index (χ0) is 18.7. The van der Waals surface area contributed by atoms with Gasteiger partial charge < -0.3 is 14.8 Å². The predicted molar refractivity (Wildman–Crippen MR) is 90.4 cm³/mol. The second-order valence-electron chi connectivity index (χ2n) is 5.96. The SMILES string of the molecule is CCCOc1ccc(C(F)(F)F)cc1NC(=O)[C@@H]1Cc2ccccc2O1. The fraction of sp³-hybridized carbons (Fsp3) is 0.316. The number of carbonyl (C=O) groups excluding carboxylic acids is 1. The number of hydrogen-bond acceptors (Lipinski definition) is 3. The zero-order valence-electron chi connectivity index (χ0n) is 14.1. The number of halogens is 3. The molecule has 0 aliphatic carbocycles. The Labute approximate surface area is 148 Å². The minimum atomic E-state index is -4.51. The second kappa shape index (κ2) is 7.27. The summed E-state index contributed by atoms with van der Waals surface area (Å²) in [5.41, 5.74) is 0.0178. The number of ether oxygens (including phenoxy) is 2. The predicted octanol–water partition coefficient (Wildman–Crippen LogP) is 4.44. The van der Waals surface area contributed by atoms with E-state index in [1.807, 2.05) is 19.1 Å². The Balaban J connectivity index is 1.80. The maximum absolute atomic E-state index is 13.0. The Bertz CT molecular complexity index is 780. The third-order valence-corrected chi connectivity index (χ3v) is 3.97. The van der Waals surface area contributed by atoms with E-state index in [1.54, 1.807) is 12.1 Å². The number of para-hydroxylation sites is 1. The summed E-state index contributed by atoms with van der Waals surface area (Å²) in [6, 6.07) is 10.3. The Hall–Kier alpha value is -2.70. The van der Waals surface area contributed by atoms with Gasteiger partial charge in [0.15, 0.2) is 6.10 Å². The number of fused-ring (bicyclic) bond motifs is 1. The van der Waals surface area contributed by atoms with Crippen molar-refractivity contribution in [1.29, 1.82) is 0 Å². The van der Waals surface area contributed by atoms with Crippen LogP contribution in [0, 0.1) is 0 Å². The van der Waals surface area contributed by atoms with Gasteiger partial charge in [0, 0.05) is 6.42 Å². The van der Waals surface area contributed by atoms with Crippen LogP contribution >= 0.6 is 0 Å². The number of alkyl halides is 3. The van der Waals surface area contributed by atoms with Crippen molar-refractivity contribution >= 4 is 11.6 Å². The van der Waals surface area contributed by atoms with E-state index in [4.69, 9.17) is 9.47 Å². The molecule has 0 saturated carbocycles. The minimum absolute atomic E-state index is 0.0159. The fourth-order valence-electron chi connectivity index (χ4n) is 2.68. The molecule has 0 unspecified atom stereocenters. The van der Waals surface area contributed by atoms with Crippen LogP contribution in [0.25, 0.3) is 0 Å². The second-order valence-corrected chi connectivity index (χ2v) is 5.96. The zero-order valence-corrected chi connectivity index (χ0v) is 14.1. The lowest BCUT2D eigenvalue weighted by molar-refractivity contribution is -0.137. The van der Waals surface area contributed by atoms with Crippen LogP contribution in [0.4, 0.5) is 18.9 Å². The van der Waals surface area contributed by atoms with Crippen molar-refractivity contribution < 1.29 is 27.4 Å². The van der Waals surface area contributed by atoms with Crippen molar-refractivity contribution in [3.8, 4) is 11.5 Å². The third-order valence-electron chi connectivity index (χ3n) is 3.97. The van der Waals surface area contributed by atoms with E-state index in [9.17, 15) is 18.0 Å². The summed E-state index contributed by atoms with van der Waals surface area (Å²) in [7, 11) is 0. The number of hydrogen-bond donors (Lipinski definition) is 1. The highest BCUT2D eigenvalue weighted by molar-refractivity contribution is 5.96. The van der Waals surface area contributed by atoms with Crippen LogP contribution < -0.4 is 14.8 Å². The van der Waals surface area contributed by atoms with E-state index >= 15 is 0 Å². The first-order valence-electron chi connectivity index (χ1n) is 8.28. The van der Waals surface area contributed by atoms with E-state index in [0.29, 0.717) is 25.2 Å². The molecule has 1 N–H and O–H groups in total. The molecule has 2 aromatic rings. The van der Waals surface area contributed by atoms with Gasteiger partial charge in [-0.05, 0) is 36.2 Å². The topological polar surface area (TPSA) is 47.6 Å². The van der Waals surface area contributed by atoms with Crippen LogP contribution in [-0.2, 0) is 17.4 Å². The molecule has 1 aliphatic heterocycles. The number of carbonyl (C=O) groups is 1. The summed E-state index contributed by atoms with van der Waals surface area (Å²) < 4.78 is 50.0. The number of nitrogens with one attached hydrogen (secondary N) is 1. The molecule has 0 aromatic heterocycles. The van der Waals surface area contributed by atoms with Crippen molar-refractivity contribution in [1.82, 2.24) is 0 Å². The first-order chi connectivity index (χ1) is 12.4. The number of benzene rings is 2. The van der Waals surface area contributed by atoms with Gasteiger partial charge >= 0.3 is 6.18 Å². The molecular weight excluding hydrogens is 347 g/mol. The lowest BCUT2D eigenvalue weighted by Crippen LogP contribution is -2.31. The molecule has 1 heterocycles. The summed E-state index contributed by atoms with van der Waals surface area (Å²) >= 11 is 0. The van der Waals surface area contributed by atoms with Crippen LogP contribution in [0.5, 0.6) is 11.5 Å². The maximum Gasteiger partial charge on any atom is 0.416 e. The molecule has 1 atom stereocenters. The number of amides is 1. The third kappa shape index (κ3) is 3.92. The Kier molecular flexibility index (Phi) is 5.06. The first kappa shape index (κ1) is 18.1. The largest absolute Gasteiger partial charge is 0.491 e. The lowest BCUT2D eigenvalue weighted by atomic mass is 10.1. The Morgan fingerprint density at radius 1 is 1.27 bits per heavy atom. The minimum Gasteiger partial charge on any atom is -0.491 e.